The Bertz CT molecular complexity index is 983. The van der Waals surface area contributed by atoms with Gasteiger partial charge in [0.05, 0.1) is 18.0 Å². The number of carbonyl (C=O) groups is 1. The summed E-state index contributed by atoms with van der Waals surface area (Å²) in [6.45, 7) is -1.12. The van der Waals surface area contributed by atoms with Crippen LogP contribution in [0, 0.1) is 5.82 Å². The Morgan fingerprint density at radius 3 is 2.48 bits per heavy atom. The minimum atomic E-state index is -4.58. The van der Waals surface area contributed by atoms with E-state index in [1.54, 1.807) is 6.92 Å². The molecule has 0 aliphatic heterocycles. The maximum Gasteiger partial charge on any atom is 0.422 e. The molecule has 0 saturated heterocycles. The highest BCUT2D eigenvalue weighted by atomic mass is 19.4. The third-order valence-electron chi connectivity index (χ3n) is 3.76. The van der Waals surface area contributed by atoms with Gasteiger partial charge >= 0.3 is 6.18 Å². The normalized spacial score (nSPS) is 12.5. The van der Waals surface area contributed by atoms with Crippen molar-refractivity contribution >= 4 is 17.4 Å². The molecule has 0 atom stereocenters. The second-order valence-electron chi connectivity index (χ2n) is 6.46. The molecule has 0 spiro atoms. The van der Waals surface area contributed by atoms with E-state index in [0.717, 1.165) is 24.5 Å². The predicted molar refractivity (Wildman–Crippen MR) is 105 cm³/mol. The van der Waals surface area contributed by atoms with Crippen molar-refractivity contribution in [2.75, 3.05) is 31.7 Å². The summed E-state index contributed by atoms with van der Waals surface area (Å²) in [6, 6.07) is 2.48. The number of carbonyl (C=O) groups excluding carboxylic acids is 1. The van der Waals surface area contributed by atoms with Crippen molar-refractivity contribution in [2.24, 2.45) is 10.7 Å². The van der Waals surface area contributed by atoms with Crippen LogP contribution in [0.15, 0.2) is 35.6 Å². The number of anilines is 1. The molecule has 0 fully saturated rings. The lowest BCUT2D eigenvalue weighted by molar-refractivity contribution is -0.154. The summed E-state index contributed by atoms with van der Waals surface area (Å²) in [7, 11) is 0. The third-order valence-corrected chi connectivity index (χ3v) is 3.76. The summed E-state index contributed by atoms with van der Waals surface area (Å²) in [4.78, 5) is 23.1. The van der Waals surface area contributed by atoms with Crippen molar-refractivity contribution in [3.05, 3.63) is 47.7 Å². The Morgan fingerprint density at radius 2 is 1.88 bits per heavy atom. The lowest BCUT2D eigenvalue weighted by Gasteiger charge is -2.18. The van der Waals surface area contributed by atoms with Crippen LogP contribution in [0.25, 0.3) is 0 Å². The van der Waals surface area contributed by atoms with E-state index in [1.165, 1.54) is 0 Å². The molecule has 2 rings (SSSR count). The number of rotatable bonds is 10. The van der Waals surface area contributed by atoms with Crippen molar-refractivity contribution in [1.82, 2.24) is 9.97 Å². The van der Waals surface area contributed by atoms with Gasteiger partial charge in [-0.1, -0.05) is 0 Å². The highest BCUT2D eigenvalue weighted by molar-refractivity contribution is 6.02. The molecule has 0 unspecified atom stereocenters. The van der Waals surface area contributed by atoms with Crippen LogP contribution in [0.5, 0.6) is 5.88 Å². The van der Waals surface area contributed by atoms with Crippen LogP contribution in [0.2, 0.25) is 0 Å². The van der Waals surface area contributed by atoms with Crippen LogP contribution in [0.3, 0.4) is 0 Å². The van der Waals surface area contributed by atoms with Crippen molar-refractivity contribution in [3.63, 3.8) is 0 Å². The van der Waals surface area contributed by atoms with E-state index < -0.39 is 48.5 Å². The van der Waals surface area contributed by atoms with Gasteiger partial charge in [-0.2, -0.15) is 22.0 Å². The smallest absolute Gasteiger partial charge is 0.422 e. The first-order chi connectivity index (χ1) is 15.4. The minimum absolute atomic E-state index is 0.00530. The number of amides is 1. The van der Waals surface area contributed by atoms with Gasteiger partial charge in [-0.3, -0.25) is 9.79 Å². The lowest BCUT2D eigenvalue weighted by Crippen LogP contribution is -2.27. The van der Waals surface area contributed by atoms with Crippen molar-refractivity contribution < 1.29 is 40.6 Å². The third kappa shape index (κ3) is 8.21. The standard InChI is InChI=1S/C19H19F6N5O3/c1-2-27-15(26)8-32-9-18(21,22)12-5-11(3-4-13(12)20)30-17(31)14-6-29-16(7-28-14)33-10-19(23,24)25/h3-7H,2,8-10H2,1H3,(H2,26,27)(H,30,31). The van der Waals surface area contributed by atoms with Gasteiger partial charge in [0.25, 0.3) is 11.8 Å². The average Bonchev–Trinajstić information content (AvgIpc) is 2.73. The number of nitrogens with zero attached hydrogens (tertiary/aromatic N) is 3. The summed E-state index contributed by atoms with van der Waals surface area (Å²) in [5.74, 6) is -6.38. The fourth-order valence-electron chi connectivity index (χ4n) is 2.35. The van der Waals surface area contributed by atoms with E-state index in [9.17, 15) is 31.1 Å². The molecule has 180 valence electrons. The monoisotopic (exact) mass is 479 g/mol. The summed E-state index contributed by atoms with van der Waals surface area (Å²) in [6.07, 6.45) is -2.97. The van der Waals surface area contributed by atoms with Gasteiger partial charge in [0.2, 0.25) is 5.88 Å². The van der Waals surface area contributed by atoms with E-state index in [1.807, 2.05) is 0 Å². The first-order valence-electron chi connectivity index (χ1n) is 9.28. The topological polar surface area (TPSA) is 112 Å². The average molecular weight is 479 g/mol. The SMILES string of the molecule is CCN=C(N)COCC(F)(F)c1cc(NC(=O)c2cnc(OCC(F)(F)F)cn2)ccc1F. The summed E-state index contributed by atoms with van der Waals surface area (Å²) in [5, 5.41) is 2.22. The number of benzene rings is 1. The van der Waals surface area contributed by atoms with E-state index in [-0.39, 0.29) is 23.8 Å². The number of aliphatic imine (C=N–C) groups is 1. The first kappa shape index (κ1) is 25.8. The summed E-state index contributed by atoms with van der Waals surface area (Å²) in [5.41, 5.74) is 3.88. The van der Waals surface area contributed by atoms with E-state index in [2.05, 4.69) is 25.0 Å². The summed E-state index contributed by atoms with van der Waals surface area (Å²) < 4.78 is 88.4. The number of aromatic nitrogens is 2. The fraction of sp³-hybridized carbons (Fsp3) is 0.368. The molecule has 0 aliphatic carbocycles. The van der Waals surface area contributed by atoms with Crippen molar-refractivity contribution in [1.29, 1.82) is 0 Å². The number of amidine groups is 1. The highest BCUT2D eigenvalue weighted by Gasteiger charge is 2.35. The van der Waals surface area contributed by atoms with Crippen LogP contribution in [0.1, 0.15) is 23.0 Å². The molecule has 1 heterocycles. The molecule has 33 heavy (non-hydrogen) atoms. The number of ether oxygens (including phenoxy) is 2. The number of hydrogen-bond donors (Lipinski definition) is 2. The van der Waals surface area contributed by atoms with Crippen LogP contribution in [-0.2, 0) is 10.7 Å². The second kappa shape index (κ2) is 10.9. The zero-order valence-corrected chi connectivity index (χ0v) is 17.1. The van der Waals surface area contributed by atoms with Crippen LogP contribution in [-0.4, -0.2) is 54.3 Å². The zero-order valence-electron chi connectivity index (χ0n) is 17.1. The molecular weight excluding hydrogens is 460 g/mol. The van der Waals surface area contributed by atoms with Gasteiger partial charge < -0.3 is 20.5 Å². The minimum Gasteiger partial charge on any atom is -0.467 e. The molecule has 8 nitrogen and oxygen atoms in total. The van der Waals surface area contributed by atoms with E-state index >= 15 is 0 Å². The van der Waals surface area contributed by atoms with Gasteiger partial charge in [0.1, 0.15) is 30.6 Å². The van der Waals surface area contributed by atoms with Gasteiger partial charge in [-0.05, 0) is 25.1 Å². The molecule has 0 aliphatic rings. The number of nitrogens with one attached hydrogen (secondary N) is 1. The maximum atomic E-state index is 14.4. The largest absolute Gasteiger partial charge is 0.467 e. The van der Waals surface area contributed by atoms with Crippen LogP contribution >= 0.6 is 0 Å². The molecule has 1 aromatic carbocycles. The molecule has 1 amide bonds. The molecule has 14 heteroatoms. The lowest BCUT2D eigenvalue weighted by atomic mass is 10.1. The van der Waals surface area contributed by atoms with Gasteiger partial charge in [0.15, 0.2) is 6.61 Å². The van der Waals surface area contributed by atoms with E-state index in [4.69, 9.17) is 10.5 Å². The van der Waals surface area contributed by atoms with Crippen molar-refractivity contribution in [2.45, 2.75) is 19.0 Å². The molecule has 2 aromatic rings. The number of nitrogens with two attached hydrogens (primary N) is 1. The van der Waals surface area contributed by atoms with Crippen LogP contribution in [0.4, 0.5) is 32.0 Å². The highest BCUT2D eigenvalue weighted by Crippen LogP contribution is 2.32. The molecule has 0 bridgehead atoms. The maximum absolute atomic E-state index is 14.4. The number of hydrogen-bond acceptors (Lipinski definition) is 6. The number of alkyl halides is 5. The predicted octanol–water partition coefficient (Wildman–Crippen LogP) is 3.29. The quantitative estimate of drug-likeness (QED) is 0.307. The molecule has 0 saturated carbocycles. The molecular formula is C19H19F6N5O3. The van der Waals surface area contributed by atoms with Gasteiger partial charge in [-0.15, -0.1) is 0 Å². The van der Waals surface area contributed by atoms with E-state index in [0.29, 0.717) is 12.6 Å². The Labute approximate surface area is 183 Å². The van der Waals surface area contributed by atoms with Crippen molar-refractivity contribution in [3.8, 4) is 5.88 Å². The Morgan fingerprint density at radius 1 is 1.15 bits per heavy atom. The fourth-order valence-corrected chi connectivity index (χ4v) is 2.35. The second-order valence-corrected chi connectivity index (χ2v) is 6.46. The summed E-state index contributed by atoms with van der Waals surface area (Å²) >= 11 is 0. The number of halogens is 6. The zero-order chi connectivity index (χ0) is 24.6. The molecule has 3 N–H and O–H groups in total. The van der Waals surface area contributed by atoms with Gasteiger partial charge in [-0.25, -0.2) is 14.4 Å². The van der Waals surface area contributed by atoms with Crippen LogP contribution < -0.4 is 15.8 Å². The van der Waals surface area contributed by atoms with Gasteiger partial charge in [0, 0.05) is 12.2 Å². The Kier molecular flexibility index (Phi) is 8.56. The Hall–Kier alpha value is -3.42. The molecule has 0 radical (unpaired) electrons. The first-order valence-corrected chi connectivity index (χ1v) is 9.28. The Balaban J connectivity index is 2.06. The molecule has 1 aromatic heterocycles.